The normalized spacial score (nSPS) is 18.7. The zero-order chi connectivity index (χ0) is 18.9. The summed E-state index contributed by atoms with van der Waals surface area (Å²) < 4.78 is 61.3. The molecule has 0 radical (unpaired) electrons. The van der Waals surface area contributed by atoms with Crippen LogP contribution in [0.25, 0.3) is 0 Å². The van der Waals surface area contributed by atoms with E-state index in [1.807, 2.05) is 0 Å². The Kier molecular flexibility index (Phi) is 5.55. The van der Waals surface area contributed by atoms with Gasteiger partial charge in [-0.2, -0.15) is 13.2 Å². The van der Waals surface area contributed by atoms with Gasteiger partial charge in [0.2, 0.25) is 5.54 Å². The van der Waals surface area contributed by atoms with Crippen molar-refractivity contribution >= 4 is 11.0 Å². The Balaban J connectivity index is 2.57. The van der Waals surface area contributed by atoms with Crippen LogP contribution in [0.3, 0.4) is 0 Å². The van der Waals surface area contributed by atoms with Crippen molar-refractivity contribution in [3.8, 4) is 17.6 Å². The van der Waals surface area contributed by atoms with Gasteiger partial charge in [-0.3, -0.25) is 0 Å². The van der Waals surface area contributed by atoms with E-state index in [2.05, 4.69) is 16.6 Å². The molecule has 7 heteroatoms. The van der Waals surface area contributed by atoms with Crippen LogP contribution in [-0.2, 0) is 16.5 Å². The lowest BCUT2D eigenvalue weighted by atomic mass is 9.90. The standard InChI is InChI=1S/C18H22F3NO2S/c1-16(2,3)25(23)22-17(18(19,20)21,12-11-13-5-6-13)14-7-9-15(24-4)10-8-14/h7-10,13,22H,5-6H2,1-4H3/t17-,25?/m0/s1. The van der Waals surface area contributed by atoms with Crippen LogP contribution in [0.15, 0.2) is 24.3 Å². The highest BCUT2D eigenvalue weighted by molar-refractivity contribution is 7.84. The molecule has 0 spiro atoms. The fourth-order valence-corrected chi connectivity index (χ4v) is 2.89. The second-order valence-corrected chi connectivity index (χ2v) is 8.97. The van der Waals surface area contributed by atoms with E-state index in [0.29, 0.717) is 5.75 Å². The predicted molar refractivity (Wildman–Crippen MR) is 92.3 cm³/mol. The molecule has 1 unspecified atom stereocenters. The number of rotatable bonds is 4. The molecule has 1 aromatic rings. The molecule has 138 valence electrons. The minimum Gasteiger partial charge on any atom is -0.497 e. The van der Waals surface area contributed by atoms with E-state index in [0.717, 1.165) is 12.8 Å². The van der Waals surface area contributed by atoms with Crippen LogP contribution < -0.4 is 9.46 Å². The molecule has 2 rings (SSSR count). The highest BCUT2D eigenvalue weighted by Gasteiger charge is 2.57. The van der Waals surface area contributed by atoms with Crippen LogP contribution in [0.2, 0.25) is 0 Å². The Labute approximate surface area is 148 Å². The monoisotopic (exact) mass is 373 g/mol. The molecule has 3 nitrogen and oxygen atoms in total. The Morgan fingerprint density at radius 2 is 1.72 bits per heavy atom. The average Bonchev–Trinajstić information content (AvgIpc) is 3.33. The molecule has 0 bridgehead atoms. The Morgan fingerprint density at radius 1 is 1.16 bits per heavy atom. The molecule has 1 saturated carbocycles. The lowest BCUT2D eigenvalue weighted by molar-refractivity contribution is -0.176. The van der Waals surface area contributed by atoms with Gasteiger partial charge in [0.15, 0.2) is 0 Å². The number of hydrogen-bond donors (Lipinski definition) is 1. The second-order valence-electron chi connectivity index (χ2n) is 7.00. The maximum Gasteiger partial charge on any atom is 0.423 e. The van der Waals surface area contributed by atoms with Gasteiger partial charge in [0.1, 0.15) is 5.75 Å². The van der Waals surface area contributed by atoms with Crippen LogP contribution in [0.5, 0.6) is 5.75 Å². The van der Waals surface area contributed by atoms with Crippen LogP contribution >= 0.6 is 0 Å². The third-order valence-electron chi connectivity index (χ3n) is 3.79. The summed E-state index contributed by atoms with van der Waals surface area (Å²) in [5.74, 6) is 5.48. The number of halogens is 3. The largest absolute Gasteiger partial charge is 0.497 e. The Bertz CT molecular complexity index is 694. The highest BCUT2D eigenvalue weighted by Crippen LogP contribution is 2.41. The average molecular weight is 373 g/mol. The molecule has 0 aromatic heterocycles. The van der Waals surface area contributed by atoms with Crippen molar-refractivity contribution in [3.63, 3.8) is 0 Å². The molecule has 25 heavy (non-hydrogen) atoms. The summed E-state index contributed by atoms with van der Waals surface area (Å²) in [6, 6.07) is 5.49. The Hall–Kier alpha value is -1.52. The van der Waals surface area contributed by atoms with E-state index in [1.54, 1.807) is 20.8 Å². The minimum atomic E-state index is -4.75. The fraction of sp³-hybridized carbons (Fsp3) is 0.556. The van der Waals surface area contributed by atoms with Gasteiger partial charge in [-0.25, -0.2) is 8.93 Å². The van der Waals surface area contributed by atoms with E-state index >= 15 is 0 Å². The molecule has 0 aliphatic heterocycles. The number of nitrogens with one attached hydrogen (secondary N) is 1. The maximum absolute atomic E-state index is 14.1. The summed E-state index contributed by atoms with van der Waals surface area (Å²) in [6.45, 7) is 4.83. The Morgan fingerprint density at radius 3 is 2.12 bits per heavy atom. The zero-order valence-electron chi connectivity index (χ0n) is 14.7. The minimum absolute atomic E-state index is 0.0233. The summed E-state index contributed by atoms with van der Waals surface area (Å²) in [6.07, 6.45) is -3.15. The second kappa shape index (κ2) is 7.00. The predicted octanol–water partition coefficient (Wildman–Crippen LogP) is 3.92. The topological polar surface area (TPSA) is 38.3 Å². The van der Waals surface area contributed by atoms with Gasteiger partial charge in [-0.05, 0) is 51.3 Å². The van der Waals surface area contributed by atoms with Gasteiger partial charge < -0.3 is 4.74 Å². The summed E-state index contributed by atoms with van der Waals surface area (Å²) in [4.78, 5) is 0. The first kappa shape index (κ1) is 19.8. The first-order valence-electron chi connectivity index (χ1n) is 7.93. The van der Waals surface area contributed by atoms with E-state index in [9.17, 15) is 17.4 Å². The van der Waals surface area contributed by atoms with Crippen molar-refractivity contribution in [2.24, 2.45) is 5.92 Å². The SMILES string of the molecule is COc1ccc([C@](C#CC2CC2)(NS(=O)C(C)(C)C)C(F)(F)F)cc1. The van der Waals surface area contributed by atoms with Gasteiger partial charge in [0.05, 0.1) is 22.8 Å². The van der Waals surface area contributed by atoms with Crippen LogP contribution in [0.1, 0.15) is 39.2 Å². The van der Waals surface area contributed by atoms with Crippen LogP contribution in [0, 0.1) is 17.8 Å². The number of ether oxygens (including phenoxy) is 1. The third kappa shape index (κ3) is 4.56. The van der Waals surface area contributed by atoms with Crippen molar-refractivity contribution in [3.05, 3.63) is 29.8 Å². The van der Waals surface area contributed by atoms with Gasteiger partial charge in [0.25, 0.3) is 0 Å². The lowest BCUT2D eigenvalue weighted by Crippen LogP contribution is -2.56. The van der Waals surface area contributed by atoms with Crippen molar-refractivity contribution in [1.29, 1.82) is 0 Å². The number of methoxy groups -OCH3 is 1. The fourth-order valence-electron chi connectivity index (χ4n) is 2.02. The first-order chi connectivity index (χ1) is 11.5. The molecular formula is C18H22F3NO2S. The quantitative estimate of drug-likeness (QED) is 0.813. The molecule has 0 heterocycles. The van der Waals surface area contributed by atoms with E-state index in [1.165, 1.54) is 31.4 Å². The molecular weight excluding hydrogens is 351 g/mol. The summed E-state index contributed by atoms with van der Waals surface area (Å²) >= 11 is 0. The van der Waals surface area contributed by atoms with Crippen molar-refractivity contribution < 1.29 is 22.1 Å². The maximum atomic E-state index is 14.1. The van der Waals surface area contributed by atoms with Gasteiger partial charge >= 0.3 is 6.18 Å². The summed E-state index contributed by atoms with van der Waals surface area (Å²) in [7, 11) is -0.523. The van der Waals surface area contributed by atoms with Gasteiger partial charge in [-0.15, -0.1) is 0 Å². The highest BCUT2D eigenvalue weighted by atomic mass is 32.2. The van der Waals surface area contributed by atoms with Crippen molar-refractivity contribution in [2.75, 3.05) is 7.11 Å². The molecule has 1 aromatic carbocycles. The number of hydrogen-bond acceptors (Lipinski definition) is 2. The third-order valence-corrected chi connectivity index (χ3v) is 5.40. The molecule has 2 atom stereocenters. The molecule has 0 saturated heterocycles. The first-order valence-corrected chi connectivity index (χ1v) is 9.08. The molecule has 1 N–H and O–H groups in total. The van der Waals surface area contributed by atoms with Gasteiger partial charge in [-0.1, -0.05) is 24.0 Å². The summed E-state index contributed by atoms with van der Waals surface area (Å²) in [5.41, 5.74) is -2.80. The number of benzene rings is 1. The van der Waals surface area contributed by atoms with E-state index in [-0.39, 0.29) is 11.5 Å². The molecule has 1 aliphatic rings. The lowest BCUT2D eigenvalue weighted by Gasteiger charge is -2.34. The van der Waals surface area contributed by atoms with Crippen LogP contribution in [-0.4, -0.2) is 22.2 Å². The number of alkyl halides is 3. The smallest absolute Gasteiger partial charge is 0.423 e. The van der Waals surface area contributed by atoms with E-state index in [4.69, 9.17) is 4.74 Å². The summed E-state index contributed by atoms with van der Waals surface area (Å²) in [5, 5.41) is 0. The molecule has 0 amide bonds. The van der Waals surface area contributed by atoms with E-state index < -0.39 is 27.4 Å². The zero-order valence-corrected chi connectivity index (χ0v) is 15.5. The molecule has 1 fully saturated rings. The van der Waals surface area contributed by atoms with Crippen LogP contribution in [0.4, 0.5) is 13.2 Å². The van der Waals surface area contributed by atoms with Crippen molar-refractivity contribution in [2.45, 2.75) is 50.1 Å². The van der Waals surface area contributed by atoms with Crippen molar-refractivity contribution in [1.82, 2.24) is 4.72 Å². The van der Waals surface area contributed by atoms with Gasteiger partial charge in [0, 0.05) is 5.92 Å². The molecule has 1 aliphatic carbocycles.